The van der Waals surface area contributed by atoms with E-state index in [-0.39, 0.29) is 42.3 Å². The number of benzene rings is 2. The molecule has 186 valence electrons. The summed E-state index contributed by atoms with van der Waals surface area (Å²) in [6, 6.07) is 14.6. The lowest BCUT2D eigenvalue weighted by atomic mass is 10.1. The number of halogens is 1. The van der Waals surface area contributed by atoms with Gasteiger partial charge in [-0.15, -0.1) is 0 Å². The molecule has 2 atom stereocenters. The fourth-order valence-corrected chi connectivity index (χ4v) is 4.68. The maximum atomic E-state index is 13.2. The van der Waals surface area contributed by atoms with Crippen molar-refractivity contribution in [3.8, 4) is 0 Å². The molecule has 0 saturated heterocycles. The average Bonchev–Trinajstić information content (AvgIpc) is 2.83. The number of sulfonamides is 1. The lowest BCUT2D eigenvalue weighted by Crippen LogP contribution is -2.49. The van der Waals surface area contributed by atoms with E-state index >= 15 is 0 Å². The van der Waals surface area contributed by atoms with E-state index in [4.69, 9.17) is 11.6 Å². The number of carbonyl (C=O) groups excluding carboxylic acids is 2. The van der Waals surface area contributed by atoms with Crippen LogP contribution in [0.15, 0.2) is 59.5 Å². The van der Waals surface area contributed by atoms with Crippen LogP contribution in [0.2, 0.25) is 5.02 Å². The fraction of sp³-hybridized carbons (Fsp3) is 0.440. The van der Waals surface area contributed by atoms with Gasteiger partial charge in [-0.05, 0) is 56.5 Å². The van der Waals surface area contributed by atoms with Gasteiger partial charge in [0.15, 0.2) is 0 Å². The highest BCUT2D eigenvalue weighted by Crippen LogP contribution is 2.17. The van der Waals surface area contributed by atoms with E-state index in [1.54, 1.807) is 49.4 Å². The molecule has 2 aromatic rings. The van der Waals surface area contributed by atoms with Crippen LogP contribution in [0.1, 0.15) is 45.6 Å². The molecular formula is C25H34ClN3O4S. The van der Waals surface area contributed by atoms with Crippen LogP contribution in [0.4, 0.5) is 0 Å². The van der Waals surface area contributed by atoms with Gasteiger partial charge in [0.2, 0.25) is 21.8 Å². The van der Waals surface area contributed by atoms with Crippen LogP contribution in [0.25, 0.3) is 0 Å². The first kappa shape index (κ1) is 27.8. The molecule has 34 heavy (non-hydrogen) atoms. The van der Waals surface area contributed by atoms with Gasteiger partial charge in [-0.25, -0.2) is 12.7 Å². The van der Waals surface area contributed by atoms with Crippen molar-refractivity contribution in [3.63, 3.8) is 0 Å². The van der Waals surface area contributed by atoms with Gasteiger partial charge in [-0.3, -0.25) is 9.59 Å². The van der Waals surface area contributed by atoms with E-state index in [0.717, 1.165) is 12.0 Å². The van der Waals surface area contributed by atoms with Crippen molar-refractivity contribution in [2.45, 2.75) is 63.6 Å². The van der Waals surface area contributed by atoms with Gasteiger partial charge in [0, 0.05) is 37.6 Å². The van der Waals surface area contributed by atoms with Crippen LogP contribution >= 0.6 is 11.6 Å². The van der Waals surface area contributed by atoms with Crippen LogP contribution < -0.4 is 5.32 Å². The van der Waals surface area contributed by atoms with Crippen molar-refractivity contribution in [1.82, 2.24) is 14.5 Å². The molecule has 2 rings (SSSR count). The lowest BCUT2D eigenvalue weighted by Gasteiger charge is -2.30. The summed E-state index contributed by atoms with van der Waals surface area (Å²) in [4.78, 5) is 27.7. The molecule has 9 heteroatoms. The summed E-state index contributed by atoms with van der Waals surface area (Å²) in [5.74, 6) is -0.437. The monoisotopic (exact) mass is 507 g/mol. The van der Waals surface area contributed by atoms with Crippen LogP contribution in [-0.4, -0.2) is 55.1 Å². The first-order valence-corrected chi connectivity index (χ1v) is 13.2. The van der Waals surface area contributed by atoms with E-state index in [1.165, 1.54) is 16.3 Å². The minimum Gasteiger partial charge on any atom is -0.352 e. The highest BCUT2D eigenvalue weighted by molar-refractivity contribution is 7.89. The summed E-state index contributed by atoms with van der Waals surface area (Å²) in [7, 11) is -2.12. The minimum atomic E-state index is -3.62. The third-order valence-corrected chi connectivity index (χ3v) is 7.87. The maximum absolute atomic E-state index is 13.2. The molecule has 0 saturated carbocycles. The zero-order chi connectivity index (χ0) is 25.3. The second kappa shape index (κ2) is 12.9. The zero-order valence-electron chi connectivity index (χ0n) is 20.2. The SMILES string of the molecule is CCC(C)NC(=O)C(C)N(Cc1ccc(Cl)cc1)C(=O)CCCN(C)S(=O)(=O)c1ccccc1. The van der Waals surface area contributed by atoms with Crippen LogP contribution in [-0.2, 0) is 26.2 Å². The largest absolute Gasteiger partial charge is 0.352 e. The summed E-state index contributed by atoms with van der Waals surface area (Å²) in [5.41, 5.74) is 0.852. The van der Waals surface area contributed by atoms with E-state index < -0.39 is 16.1 Å². The number of nitrogens with one attached hydrogen (secondary N) is 1. The van der Waals surface area contributed by atoms with Crippen LogP contribution in [0.3, 0.4) is 0 Å². The van der Waals surface area contributed by atoms with Crippen LogP contribution in [0.5, 0.6) is 0 Å². The standard InChI is InChI=1S/C25H34ClN3O4S/c1-5-19(2)27-25(31)20(3)29(18-21-13-15-22(26)16-14-21)24(30)12-9-17-28(4)34(32,33)23-10-7-6-8-11-23/h6-8,10-11,13-16,19-20H,5,9,12,17-18H2,1-4H3,(H,27,31). The van der Waals surface area contributed by atoms with Crippen molar-refractivity contribution in [2.24, 2.45) is 0 Å². The minimum absolute atomic E-state index is 0.000670. The molecule has 0 radical (unpaired) electrons. The molecule has 2 amide bonds. The van der Waals surface area contributed by atoms with Crippen molar-refractivity contribution < 1.29 is 18.0 Å². The topological polar surface area (TPSA) is 86.8 Å². The van der Waals surface area contributed by atoms with E-state index in [0.29, 0.717) is 11.4 Å². The molecule has 0 fully saturated rings. The second-order valence-corrected chi connectivity index (χ2v) is 10.9. The van der Waals surface area contributed by atoms with Crippen LogP contribution in [0, 0.1) is 0 Å². The predicted octanol–water partition coefficient (Wildman–Crippen LogP) is 4.07. The normalized spacial score (nSPS) is 13.4. The molecule has 0 heterocycles. The molecule has 1 N–H and O–H groups in total. The third-order valence-electron chi connectivity index (χ3n) is 5.75. The van der Waals surface area contributed by atoms with Gasteiger partial charge in [0.05, 0.1) is 4.90 Å². The Morgan fingerprint density at radius 1 is 1.03 bits per heavy atom. The lowest BCUT2D eigenvalue weighted by molar-refractivity contribution is -0.141. The number of carbonyl (C=O) groups is 2. The molecule has 0 bridgehead atoms. The first-order valence-electron chi connectivity index (χ1n) is 11.4. The number of rotatable bonds is 12. The number of hydrogen-bond donors (Lipinski definition) is 1. The molecule has 0 spiro atoms. The Hall–Kier alpha value is -2.42. The van der Waals surface area contributed by atoms with Crippen molar-refractivity contribution in [2.75, 3.05) is 13.6 Å². The van der Waals surface area contributed by atoms with E-state index in [9.17, 15) is 18.0 Å². The summed E-state index contributed by atoms with van der Waals surface area (Å²) in [6.07, 6.45) is 1.23. The van der Waals surface area contributed by atoms with Gasteiger partial charge in [0.25, 0.3) is 0 Å². The van der Waals surface area contributed by atoms with Gasteiger partial charge in [-0.1, -0.05) is 48.9 Å². The number of nitrogens with zero attached hydrogens (tertiary/aromatic N) is 2. The molecule has 0 aliphatic carbocycles. The molecule has 7 nitrogen and oxygen atoms in total. The Morgan fingerprint density at radius 3 is 2.24 bits per heavy atom. The Bertz CT molecular complexity index is 1050. The number of hydrogen-bond acceptors (Lipinski definition) is 4. The number of amides is 2. The van der Waals surface area contributed by atoms with E-state index in [1.807, 2.05) is 26.0 Å². The highest BCUT2D eigenvalue weighted by Gasteiger charge is 2.27. The predicted molar refractivity (Wildman–Crippen MR) is 135 cm³/mol. The maximum Gasteiger partial charge on any atom is 0.242 e. The summed E-state index contributed by atoms with van der Waals surface area (Å²) < 4.78 is 26.7. The molecule has 0 aliphatic heterocycles. The van der Waals surface area contributed by atoms with Gasteiger partial charge >= 0.3 is 0 Å². The average molecular weight is 508 g/mol. The fourth-order valence-electron chi connectivity index (χ4n) is 3.32. The quantitative estimate of drug-likeness (QED) is 0.469. The van der Waals surface area contributed by atoms with Crippen molar-refractivity contribution in [3.05, 3.63) is 65.2 Å². The molecule has 0 aromatic heterocycles. The summed E-state index contributed by atoms with van der Waals surface area (Å²) in [5, 5.41) is 3.52. The van der Waals surface area contributed by atoms with Gasteiger partial charge < -0.3 is 10.2 Å². The molecule has 0 aliphatic rings. The smallest absolute Gasteiger partial charge is 0.242 e. The van der Waals surface area contributed by atoms with Crippen molar-refractivity contribution in [1.29, 1.82) is 0 Å². The Balaban J connectivity index is 2.08. The van der Waals surface area contributed by atoms with Gasteiger partial charge in [0.1, 0.15) is 6.04 Å². The van der Waals surface area contributed by atoms with Crippen molar-refractivity contribution >= 4 is 33.4 Å². The van der Waals surface area contributed by atoms with Gasteiger partial charge in [-0.2, -0.15) is 0 Å². The third kappa shape index (κ3) is 7.82. The van der Waals surface area contributed by atoms with E-state index in [2.05, 4.69) is 5.32 Å². The Morgan fingerprint density at radius 2 is 1.65 bits per heavy atom. The first-order chi connectivity index (χ1) is 16.1. The Kier molecular flexibility index (Phi) is 10.5. The molecule has 2 aromatic carbocycles. The second-order valence-electron chi connectivity index (χ2n) is 8.39. The zero-order valence-corrected chi connectivity index (χ0v) is 21.8. The highest BCUT2D eigenvalue weighted by atomic mass is 35.5. The molecule has 2 unspecified atom stereocenters. The summed E-state index contributed by atoms with van der Waals surface area (Å²) >= 11 is 5.98. The summed E-state index contributed by atoms with van der Waals surface area (Å²) in [6.45, 7) is 6.04. The Labute approximate surface area is 208 Å². The molecular weight excluding hydrogens is 474 g/mol.